The van der Waals surface area contributed by atoms with Crippen LogP contribution in [-0.4, -0.2) is 19.1 Å². The van der Waals surface area contributed by atoms with E-state index in [-0.39, 0.29) is 11.8 Å². The highest BCUT2D eigenvalue weighted by Gasteiger charge is 2.17. The molecular weight excluding hydrogens is 346 g/mol. The molecule has 0 heterocycles. The van der Waals surface area contributed by atoms with Gasteiger partial charge in [-0.3, -0.25) is 4.79 Å². The zero-order chi connectivity index (χ0) is 19.4. The molecule has 3 aromatic rings. The van der Waals surface area contributed by atoms with E-state index in [4.69, 9.17) is 4.74 Å². The average Bonchev–Trinajstić information content (AvgIpc) is 2.76. The Hall–Kier alpha value is -3.07. The van der Waals surface area contributed by atoms with Crippen LogP contribution in [0.3, 0.4) is 0 Å². The third-order valence-corrected chi connectivity index (χ3v) is 4.70. The van der Waals surface area contributed by atoms with Crippen molar-refractivity contribution in [1.82, 2.24) is 5.32 Å². The molecule has 0 aliphatic carbocycles. The summed E-state index contributed by atoms with van der Waals surface area (Å²) in [5.74, 6) is 1.05. The van der Waals surface area contributed by atoms with Crippen molar-refractivity contribution in [3.8, 4) is 5.75 Å². The molecule has 3 rings (SSSR count). The summed E-state index contributed by atoms with van der Waals surface area (Å²) in [5, 5.41) is 3.06. The van der Waals surface area contributed by atoms with Gasteiger partial charge in [-0.2, -0.15) is 0 Å². The lowest BCUT2D eigenvalue weighted by molar-refractivity contribution is -0.121. The maximum Gasteiger partial charge on any atom is 0.220 e. The smallest absolute Gasteiger partial charge is 0.220 e. The minimum absolute atomic E-state index is 0.0730. The number of amides is 1. The Bertz CT molecular complexity index is 779. The van der Waals surface area contributed by atoms with Crippen molar-refractivity contribution >= 4 is 5.91 Å². The first-order valence-electron chi connectivity index (χ1n) is 9.87. The lowest BCUT2D eigenvalue weighted by atomic mass is 9.88. The van der Waals surface area contributed by atoms with Crippen LogP contribution in [0.5, 0.6) is 5.75 Å². The van der Waals surface area contributed by atoms with Gasteiger partial charge in [0.05, 0.1) is 6.61 Å². The van der Waals surface area contributed by atoms with Gasteiger partial charge in [-0.1, -0.05) is 78.9 Å². The number of hydrogen-bond donors (Lipinski definition) is 1. The molecule has 0 unspecified atom stereocenters. The molecule has 0 saturated heterocycles. The fourth-order valence-corrected chi connectivity index (χ4v) is 3.22. The summed E-state index contributed by atoms with van der Waals surface area (Å²) in [6, 6.07) is 30.3. The van der Waals surface area contributed by atoms with E-state index in [1.165, 1.54) is 11.1 Å². The zero-order valence-electron chi connectivity index (χ0n) is 16.1. The van der Waals surface area contributed by atoms with Crippen LogP contribution in [0.25, 0.3) is 0 Å². The van der Waals surface area contributed by atoms with Crippen molar-refractivity contribution < 1.29 is 9.53 Å². The van der Waals surface area contributed by atoms with E-state index >= 15 is 0 Å². The summed E-state index contributed by atoms with van der Waals surface area (Å²) in [5.41, 5.74) is 2.33. The first-order valence-corrected chi connectivity index (χ1v) is 9.87. The first-order chi connectivity index (χ1) is 13.8. The molecule has 1 amide bonds. The van der Waals surface area contributed by atoms with Crippen molar-refractivity contribution in [3.05, 3.63) is 102 Å². The van der Waals surface area contributed by atoms with E-state index < -0.39 is 0 Å². The van der Waals surface area contributed by atoms with Crippen molar-refractivity contribution in [2.24, 2.45) is 0 Å². The summed E-state index contributed by atoms with van der Waals surface area (Å²) in [6.07, 6.45) is 2.27. The highest BCUT2D eigenvalue weighted by molar-refractivity contribution is 5.77. The molecule has 3 aromatic carbocycles. The average molecular weight is 373 g/mol. The van der Waals surface area contributed by atoms with Gasteiger partial charge >= 0.3 is 0 Å². The van der Waals surface area contributed by atoms with Crippen molar-refractivity contribution in [2.45, 2.75) is 25.2 Å². The van der Waals surface area contributed by atoms with E-state index in [9.17, 15) is 4.79 Å². The third kappa shape index (κ3) is 6.27. The minimum atomic E-state index is 0.0730. The highest BCUT2D eigenvalue weighted by Crippen LogP contribution is 2.27. The Balaban J connectivity index is 1.44. The lowest BCUT2D eigenvalue weighted by Crippen LogP contribution is -2.26. The summed E-state index contributed by atoms with van der Waals surface area (Å²) in [4.78, 5) is 12.5. The molecule has 0 fully saturated rings. The van der Waals surface area contributed by atoms with Gasteiger partial charge in [0.2, 0.25) is 5.91 Å². The van der Waals surface area contributed by atoms with Gasteiger partial charge in [0, 0.05) is 18.9 Å². The van der Waals surface area contributed by atoms with Crippen molar-refractivity contribution in [1.29, 1.82) is 0 Å². The largest absolute Gasteiger partial charge is 0.494 e. The number of hydrogen-bond acceptors (Lipinski definition) is 2. The fraction of sp³-hybridized carbons (Fsp3) is 0.240. The van der Waals surface area contributed by atoms with Crippen molar-refractivity contribution in [2.75, 3.05) is 13.2 Å². The number of ether oxygens (including phenoxy) is 1. The highest BCUT2D eigenvalue weighted by atomic mass is 16.5. The predicted molar refractivity (Wildman–Crippen MR) is 114 cm³/mol. The predicted octanol–water partition coefficient (Wildman–Crippen LogP) is 5.18. The van der Waals surface area contributed by atoms with Gasteiger partial charge in [0.25, 0.3) is 0 Å². The maximum atomic E-state index is 12.5. The molecule has 1 N–H and O–H groups in total. The van der Waals surface area contributed by atoms with E-state index in [0.717, 1.165) is 18.6 Å². The third-order valence-electron chi connectivity index (χ3n) is 4.70. The van der Waals surface area contributed by atoms with Crippen LogP contribution in [0.15, 0.2) is 91.0 Å². The molecule has 0 spiro atoms. The second-order valence-corrected chi connectivity index (χ2v) is 6.80. The molecule has 0 atom stereocenters. The van der Waals surface area contributed by atoms with Crippen LogP contribution in [0.2, 0.25) is 0 Å². The van der Waals surface area contributed by atoms with Gasteiger partial charge in [0.15, 0.2) is 0 Å². The molecular formula is C25H27NO2. The van der Waals surface area contributed by atoms with Crippen LogP contribution in [0.4, 0.5) is 0 Å². The Morgan fingerprint density at radius 2 is 1.29 bits per heavy atom. The van der Waals surface area contributed by atoms with Gasteiger partial charge in [0.1, 0.15) is 5.75 Å². The number of nitrogens with one attached hydrogen (secondary N) is 1. The number of rotatable bonds is 10. The molecule has 3 heteroatoms. The first kappa shape index (κ1) is 19.7. The van der Waals surface area contributed by atoms with Crippen LogP contribution in [-0.2, 0) is 4.79 Å². The van der Waals surface area contributed by atoms with Gasteiger partial charge < -0.3 is 10.1 Å². The Labute approximate surface area is 167 Å². The quantitative estimate of drug-likeness (QED) is 0.497. The molecule has 3 nitrogen and oxygen atoms in total. The van der Waals surface area contributed by atoms with E-state index in [1.807, 2.05) is 66.7 Å². The Kier molecular flexibility index (Phi) is 7.68. The van der Waals surface area contributed by atoms with E-state index in [2.05, 4.69) is 29.6 Å². The number of unbranched alkanes of at least 4 members (excludes halogenated alkanes) is 1. The molecule has 0 radical (unpaired) electrons. The summed E-state index contributed by atoms with van der Waals surface area (Å²) in [6.45, 7) is 1.34. The Morgan fingerprint density at radius 1 is 0.750 bits per heavy atom. The fourth-order valence-electron chi connectivity index (χ4n) is 3.22. The number of carbonyl (C=O) groups is 1. The number of benzene rings is 3. The van der Waals surface area contributed by atoms with E-state index in [1.54, 1.807) is 0 Å². The standard InChI is InChI=1S/C25H27NO2/c27-25(26-18-10-11-19-28-23-16-8-3-9-17-23)20-24(21-12-4-1-5-13-21)22-14-6-2-7-15-22/h1-9,12-17,24H,10-11,18-20H2,(H,26,27). The molecule has 144 valence electrons. The SMILES string of the molecule is O=C(CC(c1ccccc1)c1ccccc1)NCCCCOc1ccccc1. The minimum Gasteiger partial charge on any atom is -0.494 e. The summed E-state index contributed by atoms with van der Waals surface area (Å²) >= 11 is 0. The van der Waals surface area contributed by atoms with Crippen LogP contribution in [0.1, 0.15) is 36.3 Å². The topological polar surface area (TPSA) is 38.3 Å². The summed E-state index contributed by atoms with van der Waals surface area (Å²) < 4.78 is 5.68. The van der Waals surface area contributed by atoms with Gasteiger partial charge in [-0.15, -0.1) is 0 Å². The van der Waals surface area contributed by atoms with Gasteiger partial charge in [-0.25, -0.2) is 0 Å². The second-order valence-electron chi connectivity index (χ2n) is 6.80. The zero-order valence-corrected chi connectivity index (χ0v) is 16.1. The molecule has 0 aliphatic heterocycles. The van der Waals surface area contributed by atoms with Gasteiger partial charge in [-0.05, 0) is 36.1 Å². The number of para-hydroxylation sites is 1. The summed E-state index contributed by atoms with van der Waals surface area (Å²) in [7, 11) is 0. The molecule has 28 heavy (non-hydrogen) atoms. The van der Waals surface area contributed by atoms with Crippen LogP contribution < -0.4 is 10.1 Å². The van der Waals surface area contributed by atoms with Crippen LogP contribution in [0, 0.1) is 0 Å². The van der Waals surface area contributed by atoms with Crippen LogP contribution >= 0.6 is 0 Å². The molecule has 0 aliphatic rings. The Morgan fingerprint density at radius 3 is 1.86 bits per heavy atom. The molecule has 0 bridgehead atoms. The van der Waals surface area contributed by atoms with E-state index in [0.29, 0.717) is 19.6 Å². The normalized spacial score (nSPS) is 10.6. The monoisotopic (exact) mass is 373 g/mol. The number of carbonyl (C=O) groups excluding carboxylic acids is 1. The molecule has 0 saturated carbocycles. The van der Waals surface area contributed by atoms with Crippen molar-refractivity contribution in [3.63, 3.8) is 0 Å². The maximum absolute atomic E-state index is 12.5. The second kappa shape index (κ2) is 10.9. The molecule has 0 aromatic heterocycles. The lowest BCUT2D eigenvalue weighted by Gasteiger charge is -2.18.